The molecule has 76 valence electrons. The molecule has 2 saturated heterocycles. The predicted octanol–water partition coefficient (Wildman–Crippen LogP) is 0.876. The van der Waals surface area contributed by atoms with E-state index < -0.39 is 0 Å². The standard InChI is InChI=1S/C10H20N2S/c1-12-5-8(4-11)10-2-3-13-7-9(10)6-12/h8-10H,2-7,11H2,1H3. The summed E-state index contributed by atoms with van der Waals surface area (Å²) in [5, 5.41) is 0. The fourth-order valence-electron chi connectivity index (χ4n) is 2.88. The summed E-state index contributed by atoms with van der Waals surface area (Å²) in [7, 11) is 2.23. The molecule has 0 bridgehead atoms. The molecule has 3 heteroatoms. The summed E-state index contributed by atoms with van der Waals surface area (Å²) >= 11 is 2.13. The average molecular weight is 200 g/mol. The van der Waals surface area contributed by atoms with Crippen LogP contribution < -0.4 is 5.73 Å². The van der Waals surface area contributed by atoms with Gasteiger partial charge in [-0.2, -0.15) is 11.8 Å². The molecule has 0 aliphatic carbocycles. The van der Waals surface area contributed by atoms with Crippen LogP contribution >= 0.6 is 11.8 Å². The van der Waals surface area contributed by atoms with Gasteiger partial charge in [0.15, 0.2) is 0 Å². The van der Waals surface area contributed by atoms with Gasteiger partial charge in [-0.15, -0.1) is 0 Å². The zero-order valence-corrected chi connectivity index (χ0v) is 9.22. The van der Waals surface area contributed by atoms with Crippen LogP contribution in [0.15, 0.2) is 0 Å². The summed E-state index contributed by atoms with van der Waals surface area (Å²) < 4.78 is 0. The van der Waals surface area contributed by atoms with Gasteiger partial charge in [-0.3, -0.25) is 0 Å². The van der Waals surface area contributed by atoms with E-state index in [0.29, 0.717) is 0 Å². The van der Waals surface area contributed by atoms with E-state index in [0.717, 1.165) is 24.3 Å². The average Bonchev–Trinajstić information content (AvgIpc) is 2.16. The number of piperidine rings is 1. The molecule has 0 saturated carbocycles. The van der Waals surface area contributed by atoms with Gasteiger partial charge in [0, 0.05) is 13.1 Å². The van der Waals surface area contributed by atoms with Crippen LogP contribution in [0.4, 0.5) is 0 Å². The highest BCUT2D eigenvalue weighted by atomic mass is 32.2. The van der Waals surface area contributed by atoms with Crippen molar-refractivity contribution in [3.05, 3.63) is 0 Å². The fourth-order valence-corrected chi connectivity index (χ4v) is 4.14. The van der Waals surface area contributed by atoms with Crippen molar-refractivity contribution in [2.75, 3.05) is 38.2 Å². The van der Waals surface area contributed by atoms with Crippen molar-refractivity contribution in [3.8, 4) is 0 Å². The Morgan fingerprint density at radius 2 is 2.31 bits per heavy atom. The van der Waals surface area contributed by atoms with E-state index in [-0.39, 0.29) is 0 Å². The zero-order valence-electron chi connectivity index (χ0n) is 8.41. The number of thioether (sulfide) groups is 1. The monoisotopic (exact) mass is 200 g/mol. The Morgan fingerprint density at radius 1 is 1.46 bits per heavy atom. The van der Waals surface area contributed by atoms with Gasteiger partial charge >= 0.3 is 0 Å². The number of hydrogen-bond acceptors (Lipinski definition) is 3. The molecule has 2 rings (SSSR count). The largest absolute Gasteiger partial charge is 0.330 e. The lowest BCUT2D eigenvalue weighted by Crippen LogP contribution is -2.49. The van der Waals surface area contributed by atoms with Crippen molar-refractivity contribution in [3.63, 3.8) is 0 Å². The van der Waals surface area contributed by atoms with Crippen LogP contribution in [0.1, 0.15) is 6.42 Å². The molecule has 2 aliphatic heterocycles. The summed E-state index contributed by atoms with van der Waals surface area (Å²) in [6, 6.07) is 0. The zero-order chi connectivity index (χ0) is 9.26. The van der Waals surface area contributed by atoms with Gasteiger partial charge in [0.05, 0.1) is 0 Å². The van der Waals surface area contributed by atoms with Crippen LogP contribution in [0.3, 0.4) is 0 Å². The SMILES string of the molecule is CN1CC(CN)C2CCSCC2C1. The van der Waals surface area contributed by atoms with Crippen LogP contribution in [-0.4, -0.2) is 43.1 Å². The van der Waals surface area contributed by atoms with E-state index in [1.54, 1.807) is 0 Å². The minimum absolute atomic E-state index is 0.768. The van der Waals surface area contributed by atoms with Crippen molar-refractivity contribution < 1.29 is 0 Å². The third kappa shape index (κ3) is 2.03. The molecule has 2 aliphatic rings. The molecule has 3 unspecified atom stereocenters. The van der Waals surface area contributed by atoms with E-state index in [1.165, 1.54) is 31.0 Å². The first-order valence-corrected chi connectivity index (χ1v) is 6.43. The second-order valence-electron chi connectivity index (χ2n) is 4.50. The highest BCUT2D eigenvalue weighted by molar-refractivity contribution is 7.99. The summed E-state index contributed by atoms with van der Waals surface area (Å²) in [5.41, 5.74) is 5.84. The Hall–Kier alpha value is 0.270. The highest BCUT2D eigenvalue weighted by Gasteiger charge is 2.36. The lowest BCUT2D eigenvalue weighted by Gasteiger charge is -2.44. The van der Waals surface area contributed by atoms with E-state index in [1.807, 2.05) is 0 Å². The summed E-state index contributed by atoms with van der Waals surface area (Å²) in [6.07, 6.45) is 1.41. The Bertz CT molecular complexity index is 166. The second kappa shape index (κ2) is 4.20. The topological polar surface area (TPSA) is 29.3 Å². The predicted molar refractivity (Wildman–Crippen MR) is 59.0 cm³/mol. The van der Waals surface area contributed by atoms with E-state index >= 15 is 0 Å². The highest BCUT2D eigenvalue weighted by Crippen LogP contribution is 2.37. The minimum Gasteiger partial charge on any atom is -0.330 e. The molecule has 2 N–H and O–H groups in total. The van der Waals surface area contributed by atoms with E-state index in [2.05, 4.69) is 23.7 Å². The molecule has 0 amide bonds. The molecular formula is C10H20N2S. The van der Waals surface area contributed by atoms with Crippen molar-refractivity contribution in [1.82, 2.24) is 4.90 Å². The maximum Gasteiger partial charge on any atom is 0.00216 e. The fraction of sp³-hybridized carbons (Fsp3) is 1.00. The van der Waals surface area contributed by atoms with Crippen molar-refractivity contribution >= 4 is 11.8 Å². The molecule has 0 aromatic heterocycles. The van der Waals surface area contributed by atoms with Crippen molar-refractivity contribution in [2.45, 2.75) is 6.42 Å². The minimum atomic E-state index is 0.768. The first kappa shape index (κ1) is 9.81. The van der Waals surface area contributed by atoms with Gasteiger partial charge < -0.3 is 10.6 Å². The molecule has 13 heavy (non-hydrogen) atoms. The number of likely N-dealkylation sites (tertiary alicyclic amines) is 1. The molecular weight excluding hydrogens is 180 g/mol. The number of nitrogens with two attached hydrogens (primary N) is 1. The van der Waals surface area contributed by atoms with E-state index in [9.17, 15) is 0 Å². The smallest absolute Gasteiger partial charge is 0.00216 e. The third-order valence-electron chi connectivity index (χ3n) is 3.53. The molecule has 2 nitrogen and oxygen atoms in total. The first-order chi connectivity index (χ1) is 6.31. The molecule has 2 fully saturated rings. The van der Waals surface area contributed by atoms with Crippen LogP contribution in [0, 0.1) is 17.8 Å². The molecule has 0 aromatic rings. The van der Waals surface area contributed by atoms with Gasteiger partial charge in [0.1, 0.15) is 0 Å². The number of nitrogens with zero attached hydrogens (tertiary/aromatic N) is 1. The molecule has 0 aromatic carbocycles. The lowest BCUT2D eigenvalue weighted by atomic mass is 9.77. The Labute approximate surface area is 85.2 Å². The Balaban J connectivity index is 2.02. The normalized spacial score (nSPS) is 41.5. The van der Waals surface area contributed by atoms with Gasteiger partial charge in [-0.25, -0.2) is 0 Å². The second-order valence-corrected chi connectivity index (χ2v) is 5.65. The number of rotatable bonds is 1. The first-order valence-electron chi connectivity index (χ1n) is 5.27. The van der Waals surface area contributed by atoms with Gasteiger partial charge in [0.2, 0.25) is 0 Å². The van der Waals surface area contributed by atoms with E-state index in [4.69, 9.17) is 5.73 Å². The van der Waals surface area contributed by atoms with Crippen molar-refractivity contribution in [1.29, 1.82) is 0 Å². The maximum absolute atomic E-state index is 5.84. The molecule has 2 heterocycles. The number of fused-ring (bicyclic) bond motifs is 1. The van der Waals surface area contributed by atoms with Gasteiger partial charge in [0.25, 0.3) is 0 Å². The van der Waals surface area contributed by atoms with Crippen LogP contribution in [0.5, 0.6) is 0 Å². The molecule has 0 spiro atoms. The summed E-state index contributed by atoms with van der Waals surface area (Å²) in [6.45, 7) is 3.41. The van der Waals surface area contributed by atoms with Crippen LogP contribution in [-0.2, 0) is 0 Å². The number of hydrogen-bond donors (Lipinski definition) is 1. The third-order valence-corrected chi connectivity index (χ3v) is 4.72. The summed E-state index contributed by atoms with van der Waals surface area (Å²) in [5.74, 6) is 5.35. The van der Waals surface area contributed by atoms with Gasteiger partial charge in [-0.1, -0.05) is 0 Å². The Kier molecular flexibility index (Phi) is 3.17. The molecule has 0 radical (unpaired) electrons. The molecule has 3 atom stereocenters. The van der Waals surface area contributed by atoms with Crippen LogP contribution in [0.25, 0.3) is 0 Å². The van der Waals surface area contributed by atoms with Crippen LogP contribution in [0.2, 0.25) is 0 Å². The maximum atomic E-state index is 5.84. The lowest BCUT2D eigenvalue weighted by molar-refractivity contribution is 0.0898. The summed E-state index contributed by atoms with van der Waals surface area (Å²) in [4.78, 5) is 2.46. The quantitative estimate of drug-likeness (QED) is 0.681. The van der Waals surface area contributed by atoms with Gasteiger partial charge in [-0.05, 0) is 49.3 Å². The van der Waals surface area contributed by atoms with Crippen molar-refractivity contribution in [2.24, 2.45) is 23.5 Å². The Morgan fingerprint density at radius 3 is 3.08 bits per heavy atom.